The van der Waals surface area contributed by atoms with Crippen LogP contribution in [0.5, 0.6) is 0 Å². The van der Waals surface area contributed by atoms with E-state index in [1.165, 1.54) is 5.69 Å². The molecule has 1 amide bonds. The first-order valence-electron chi connectivity index (χ1n) is 16.5. The third kappa shape index (κ3) is 5.59. The lowest BCUT2D eigenvalue weighted by Gasteiger charge is -2.43. The molecule has 8 heterocycles. The number of allylic oxidation sites excluding steroid dienone is 2. The molecule has 246 valence electrons. The summed E-state index contributed by atoms with van der Waals surface area (Å²) in [6.07, 6.45) is 11.2. The molecule has 13 heteroatoms. The highest BCUT2D eigenvalue weighted by Gasteiger charge is 2.34. The Morgan fingerprint density at radius 2 is 1.89 bits per heavy atom. The topological polar surface area (TPSA) is 125 Å². The number of aliphatic hydroxyl groups is 1. The van der Waals surface area contributed by atoms with Gasteiger partial charge in [-0.05, 0) is 49.1 Å². The van der Waals surface area contributed by atoms with Gasteiger partial charge < -0.3 is 23.9 Å². The smallest absolute Gasteiger partial charge is 0.261 e. The lowest BCUT2D eigenvalue weighted by atomic mass is 9.99. The van der Waals surface area contributed by atoms with E-state index >= 15 is 0 Å². The van der Waals surface area contributed by atoms with Crippen LogP contribution in [0.4, 0.5) is 17.3 Å². The molecule has 0 aromatic carbocycles. The SMILES string of the molecule is CN1C=C(c2ccnc(N3CCc4c(cc5n4CCCC5)C3=O)c2CO)C=C(Nc2ccc(N3CCN(C4COC4)CC3)cn2)[S+]1[O-]. The first kappa shape index (κ1) is 30.5. The molecule has 3 aromatic heterocycles. The molecule has 0 spiro atoms. The number of ether oxygens (including phenoxy) is 1. The van der Waals surface area contributed by atoms with E-state index < -0.39 is 11.4 Å². The minimum atomic E-state index is -1.48. The highest BCUT2D eigenvalue weighted by Crippen LogP contribution is 2.36. The molecule has 2 saturated heterocycles. The van der Waals surface area contributed by atoms with E-state index in [1.807, 2.05) is 36.5 Å². The van der Waals surface area contributed by atoms with Gasteiger partial charge in [0.1, 0.15) is 23.0 Å². The van der Waals surface area contributed by atoms with Gasteiger partial charge in [-0.2, -0.15) is 4.31 Å². The Balaban J connectivity index is 1.01. The van der Waals surface area contributed by atoms with Gasteiger partial charge in [-0.15, -0.1) is 0 Å². The van der Waals surface area contributed by atoms with Crippen LogP contribution in [-0.2, 0) is 42.1 Å². The Bertz CT molecular complexity index is 1730. The van der Waals surface area contributed by atoms with Crippen molar-refractivity contribution in [3.63, 3.8) is 0 Å². The Labute approximate surface area is 277 Å². The number of nitrogens with zero attached hydrogens (tertiary/aromatic N) is 7. The maximum atomic E-state index is 13.8. The van der Waals surface area contributed by atoms with E-state index in [0.717, 1.165) is 99.7 Å². The van der Waals surface area contributed by atoms with Gasteiger partial charge in [0.15, 0.2) is 0 Å². The summed E-state index contributed by atoms with van der Waals surface area (Å²) in [5.41, 5.74) is 6.19. The Morgan fingerprint density at radius 3 is 2.64 bits per heavy atom. The van der Waals surface area contributed by atoms with Gasteiger partial charge in [0, 0.05) is 80.5 Å². The molecule has 1 atom stereocenters. The van der Waals surface area contributed by atoms with Crippen molar-refractivity contribution in [3.05, 3.63) is 82.0 Å². The summed E-state index contributed by atoms with van der Waals surface area (Å²) >= 11 is -1.48. The molecule has 12 nitrogen and oxygen atoms in total. The van der Waals surface area contributed by atoms with Crippen molar-refractivity contribution in [3.8, 4) is 0 Å². The molecule has 0 radical (unpaired) electrons. The molecule has 5 aliphatic rings. The van der Waals surface area contributed by atoms with Crippen molar-refractivity contribution in [1.29, 1.82) is 0 Å². The largest absolute Gasteiger partial charge is 0.587 e. The molecule has 0 aliphatic carbocycles. The Kier molecular flexibility index (Phi) is 8.18. The van der Waals surface area contributed by atoms with Crippen LogP contribution in [-0.4, -0.2) is 98.3 Å². The fraction of sp³-hybridized carbons (Fsp3) is 0.441. The summed E-state index contributed by atoms with van der Waals surface area (Å²) in [7, 11) is 1.75. The van der Waals surface area contributed by atoms with E-state index in [0.29, 0.717) is 34.8 Å². The molecular weight excluding hydrogens is 616 g/mol. The highest BCUT2D eigenvalue weighted by molar-refractivity contribution is 7.93. The maximum absolute atomic E-state index is 13.8. The van der Waals surface area contributed by atoms with E-state index in [1.54, 1.807) is 28.6 Å². The summed E-state index contributed by atoms with van der Waals surface area (Å²) in [6, 6.07) is 8.40. The zero-order valence-corrected chi connectivity index (χ0v) is 27.4. The third-order valence-corrected chi connectivity index (χ3v) is 11.3. The summed E-state index contributed by atoms with van der Waals surface area (Å²) in [5.74, 6) is 0.976. The van der Waals surface area contributed by atoms with Crippen molar-refractivity contribution in [2.45, 2.75) is 44.9 Å². The molecule has 2 fully saturated rings. The lowest BCUT2D eigenvalue weighted by Crippen LogP contribution is -2.56. The van der Waals surface area contributed by atoms with Crippen LogP contribution in [0.1, 0.15) is 45.7 Å². The fourth-order valence-electron chi connectivity index (χ4n) is 7.38. The Hall–Kier alpha value is -3.88. The van der Waals surface area contributed by atoms with Gasteiger partial charge in [0.25, 0.3) is 10.9 Å². The molecule has 1 unspecified atom stereocenters. The third-order valence-electron chi connectivity index (χ3n) is 10.0. The molecule has 47 heavy (non-hydrogen) atoms. The van der Waals surface area contributed by atoms with Crippen LogP contribution < -0.4 is 15.1 Å². The second-order valence-corrected chi connectivity index (χ2v) is 14.3. The van der Waals surface area contributed by atoms with Gasteiger partial charge >= 0.3 is 0 Å². The van der Waals surface area contributed by atoms with Crippen LogP contribution in [0, 0.1) is 0 Å². The number of fused-ring (bicyclic) bond motifs is 3. The number of rotatable bonds is 7. The van der Waals surface area contributed by atoms with E-state index in [-0.39, 0.29) is 12.5 Å². The number of piperazine rings is 1. The van der Waals surface area contributed by atoms with E-state index in [9.17, 15) is 14.5 Å². The summed E-state index contributed by atoms with van der Waals surface area (Å²) in [4.78, 5) is 29.6. The van der Waals surface area contributed by atoms with Crippen molar-refractivity contribution in [1.82, 2.24) is 23.7 Å². The van der Waals surface area contributed by atoms with Crippen LogP contribution in [0.15, 0.2) is 54.0 Å². The van der Waals surface area contributed by atoms with Crippen molar-refractivity contribution < 1.29 is 19.2 Å². The fourth-order valence-corrected chi connectivity index (χ4v) is 8.32. The van der Waals surface area contributed by atoms with Crippen molar-refractivity contribution in [2.75, 3.05) is 68.1 Å². The predicted molar refractivity (Wildman–Crippen MR) is 181 cm³/mol. The highest BCUT2D eigenvalue weighted by atomic mass is 32.2. The number of amides is 1. The lowest BCUT2D eigenvalue weighted by molar-refractivity contribution is -0.0660. The molecular formula is C34H40N8O4S. The molecule has 5 aliphatic heterocycles. The molecule has 3 aromatic rings. The summed E-state index contributed by atoms with van der Waals surface area (Å²) < 4.78 is 22.7. The average Bonchev–Trinajstić information content (AvgIpc) is 3.46. The minimum Gasteiger partial charge on any atom is -0.587 e. The quantitative estimate of drug-likeness (QED) is 0.367. The molecule has 0 saturated carbocycles. The van der Waals surface area contributed by atoms with Crippen molar-refractivity contribution in [2.24, 2.45) is 0 Å². The van der Waals surface area contributed by atoms with Gasteiger partial charge in [-0.1, -0.05) is 0 Å². The van der Waals surface area contributed by atoms with Gasteiger partial charge in [-0.3, -0.25) is 19.9 Å². The zero-order chi connectivity index (χ0) is 32.1. The van der Waals surface area contributed by atoms with Crippen LogP contribution in [0.25, 0.3) is 5.57 Å². The number of hydrogen-bond donors (Lipinski definition) is 2. The average molecular weight is 657 g/mol. The number of aliphatic hydroxyl groups excluding tert-OH is 1. The zero-order valence-electron chi connectivity index (χ0n) is 26.6. The van der Waals surface area contributed by atoms with Gasteiger partial charge in [-0.25, -0.2) is 9.97 Å². The molecule has 2 N–H and O–H groups in total. The minimum absolute atomic E-state index is 0.0781. The number of carbonyl (C=O) groups is 1. The number of anilines is 3. The maximum Gasteiger partial charge on any atom is 0.261 e. The van der Waals surface area contributed by atoms with E-state index in [2.05, 4.69) is 29.7 Å². The molecule has 8 rings (SSSR count). The van der Waals surface area contributed by atoms with E-state index in [4.69, 9.17) is 4.74 Å². The molecule has 0 bridgehead atoms. The summed E-state index contributed by atoms with van der Waals surface area (Å²) in [6.45, 7) is 6.74. The van der Waals surface area contributed by atoms with Gasteiger partial charge in [0.05, 0.1) is 56.6 Å². The second kappa shape index (κ2) is 12.6. The first-order valence-corrected chi connectivity index (χ1v) is 17.6. The summed E-state index contributed by atoms with van der Waals surface area (Å²) in [5, 5.41) is 14.4. The van der Waals surface area contributed by atoms with Crippen LogP contribution in [0.2, 0.25) is 0 Å². The first-order chi connectivity index (χ1) is 23.0. The van der Waals surface area contributed by atoms with Crippen LogP contribution >= 0.6 is 0 Å². The van der Waals surface area contributed by atoms with Crippen molar-refractivity contribution >= 4 is 40.2 Å². The number of nitrogens with one attached hydrogen (secondary N) is 1. The van der Waals surface area contributed by atoms with Crippen LogP contribution in [0.3, 0.4) is 0 Å². The Morgan fingerprint density at radius 1 is 1.04 bits per heavy atom. The number of aromatic nitrogens is 3. The second-order valence-electron chi connectivity index (χ2n) is 12.8. The number of carbonyl (C=O) groups excluding carboxylic acids is 1. The monoisotopic (exact) mass is 656 g/mol. The number of hydrogen-bond acceptors (Lipinski definition) is 10. The normalized spacial score (nSPS) is 22.0. The predicted octanol–water partition coefficient (Wildman–Crippen LogP) is 2.73. The number of pyridine rings is 2. The standard InChI is InChI=1S/C34H40N8O4S/c1-38-19-23(16-32(47(38)45)37-31-6-5-25(18-36-31)39-12-14-40(15-13-39)26-21-46-22-26)27-7-9-35-33(29(27)20-43)42-11-8-30-28(34(42)44)17-24-4-2-3-10-41(24)30/h5-7,9,16-19,26,43H,2-4,8,10-15,20-22H2,1H3,(H,36,37). The van der Waals surface area contributed by atoms with Gasteiger partial charge in [0.2, 0.25) is 0 Å². The number of aryl methyl sites for hydroxylation is 1.